The quantitative estimate of drug-likeness (QED) is 0.790. The topological polar surface area (TPSA) is 83.6 Å². The van der Waals surface area contributed by atoms with Crippen LogP contribution >= 0.6 is 11.8 Å². The first-order chi connectivity index (χ1) is 8.49. The highest BCUT2D eigenvalue weighted by Crippen LogP contribution is 2.13. The van der Waals surface area contributed by atoms with Gasteiger partial charge in [0.2, 0.25) is 11.8 Å². The Bertz CT molecular complexity index is 437. The molecule has 5 nitrogen and oxygen atoms in total. The summed E-state index contributed by atoms with van der Waals surface area (Å²) < 4.78 is 0. The highest BCUT2D eigenvalue weighted by Gasteiger charge is 2.10. The average molecular weight is 268 g/mol. The van der Waals surface area contributed by atoms with Crippen molar-refractivity contribution in [1.29, 1.82) is 0 Å². The van der Waals surface area contributed by atoms with Crippen LogP contribution in [0.15, 0.2) is 24.3 Å². The molecule has 6 heteroatoms. The van der Waals surface area contributed by atoms with E-state index in [1.54, 1.807) is 30.1 Å². The third-order valence-electron chi connectivity index (χ3n) is 2.23. The Kier molecular flexibility index (Phi) is 5.51. The van der Waals surface area contributed by atoms with E-state index in [9.17, 15) is 14.7 Å². The first-order valence-corrected chi connectivity index (χ1v) is 6.52. The van der Waals surface area contributed by atoms with E-state index in [-0.39, 0.29) is 23.2 Å². The number of hydrogen-bond acceptors (Lipinski definition) is 4. The van der Waals surface area contributed by atoms with Crippen LogP contribution in [0.1, 0.15) is 5.56 Å². The smallest absolute Gasteiger partial charge is 0.232 e. The first kappa shape index (κ1) is 14.4. The van der Waals surface area contributed by atoms with E-state index in [2.05, 4.69) is 0 Å². The molecule has 0 saturated heterocycles. The van der Waals surface area contributed by atoms with Crippen molar-refractivity contribution < 1.29 is 14.7 Å². The second-order valence-corrected chi connectivity index (χ2v) is 4.86. The van der Waals surface area contributed by atoms with Gasteiger partial charge in [-0.1, -0.05) is 12.1 Å². The van der Waals surface area contributed by atoms with Crippen molar-refractivity contribution in [3.63, 3.8) is 0 Å². The van der Waals surface area contributed by atoms with Gasteiger partial charge < -0.3 is 15.7 Å². The maximum atomic E-state index is 11.7. The maximum Gasteiger partial charge on any atom is 0.232 e. The Hall–Kier alpha value is -1.69. The van der Waals surface area contributed by atoms with Crippen LogP contribution in [0, 0.1) is 0 Å². The van der Waals surface area contributed by atoms with E-state index >= 15 is 0 Å². The van der Waals surface area contributed by atoms with E-state index in [0.29, 0.717) is 6.54 Å². The summed E-state index contributed by atoms with van der Waals surface area (Å²) in [5.41, 5.74) is 5.84. The highest BCUT2D eigenvalue weighted by molar-refractivity contribution is 8.00. The molecule has 0 saturated carbocycles. The van der Waals surface area contributed by atoms with Crippen LogP contribution in [0.4, 0.5) is 0 Å². The van der Waals surface area contributed by atoms with Gasteiger partial charge in [0.15, 0.2) is 0 Å². The summed E-state index contributed by atoms with van der Waals surface area (Å²) in [6.07, 6.45) is 0. The van der Waals surface area contributed by atoms with E-state index in [4.69, 9.17) is 5.73 Å². The van der Waals surface area contributed by atoms with Gasteiger partial charge in [-0.3, -0.25) is 9.59 Å². The third-order valence-corrected chi connectivity index (χ3v) is 3.17. The van der Waals surface area contributed by atoms with Gasteiger partial charge in [-0.25, -0.2) is 0 Å². The van der Waals surface area contributed by atoms with E-state index in [0.717, 1.165) is 5.56 Å². The molecule has 0 spiro atoms. The number of carbonyl (C=O) groups excluding carboxylic acids is 2. The molecule has 0 radical (unpaired) electrons. The number of carbonyl (C=O) groups is 2. The molecule has 0 aliphatic carbocycles. The van der Waals surface area contributed by atoms with Crippen LogP contribution in [0.3, 0.4) is 0 Å². The number of hydrogen-bond donors (Lipinski definition) is 2. The van der Waals surface area contributed by atoms with Crippen LogP contribution in [0.2, 0.25) is 0 Å². The van der Waals surface area contributed by atoms with Crippen LogP contribution in [-0.4, -0.2) is 40.4 Å². The number of amides is 2. The van der Waals surface area contributed by atoms with Crippen LogP contribution in [-0.2, 0) is 16.1 Å². The number of benzene rings is 1. The lowest BCUT2D eigenvalue weighted by atomic mass is 10.2. The summed E-state index contributed by atoms with van der Waals surface area (Å²) in [6.45, 7) is 0.421. The van der Waals surface area contributed by atoms with Crippen molar-refractivity contribution in [2.45, 2.75) is 6.54 Å². The minimum Gasteiger partial charge on any atom is -0.508 e. The van der Waals surface area contributed by atoms with Crippen molar-refractivity contribution >= 4 is 23.6 Å². The van der Waals surface area contributed by atoms with Gasteiger partial charge in [-0.15, -0.1) is 11.8 Å². The minimum absolute atomic E-state index is 0.0791. The molecule has 0 fully saturated rings. The molecule has 1 rings (SSSR count). The fourth-order valence-electron chi connectivity index (χ4n) is 1.37. The number of phenols is 1. The van der Waals surface area contributed by atoms with Gasteiger partial charge in [0.05, 0.1) is 11.5 Å². The number of thioether (sulfide) groups is 1. The lowest BCUT2D eigenvalue weighted by Crippen LogP contribution is -2.28. The second-order valence-electron chi connectivity index (χ2n) is 3.88. The Labute approximate surface area is 110 Å². The molecule has 2 amide bonds. The summed E-state index contributed by atoms with van der Waals surface area (Å²) in [5.74, 6) is 0.0359. The fraction of sp³-hybridized carbons (Fsp3) is 0.333. The van der Waals surface area contributed by atoms with Gasteiger partial charge in [0, 0.05) is 13.6 Å². The van der Waals surface area contributed by atoms with E-state index in [1.165, 1.54) is 11.8 Å². The summed E-state index contributed by atoms with van der Waals surface area (Å²) in [4.78, 5) is 23.8. The molecule has 0 atom stereocenters. The van der Waals surface area contributed by atoms with E-state index < -0.39 is 5.91 Å². The normalized spacial score (nSPS) is 10.1. The predicted octanol–water partition coefficient (Wildman–Crippen LogP) is 0.569. The Morgan fingerprint density at radius 1 is 1.39 bits per heavy atom. The molecule has 1 aromatic rings. The van der Waals surface area contributed by atoms with Crippen molar-refractivity contribution in [3.8, 4) is 5.75 Å². The first-order valence-electron chi connectivity index (χ1n) is 5.37. The Balaban J connectivity index is 2.42. The third kappa shape index (κ3) is 5.09. The molecular formula is C12H16N2O3S. The SMILES string of the molecule is CN(Cc1cccc(O)c1)C(=O)CSCC(N)=O. The molecule has 3 N–H and O–H groups in total. The zero-order valence-corrected chi connectivity index (χ0v) is 10.9. The molecule has 0 heterocycles. The number of primary amides is 1. The largest absolute Gasteiger partial charge is 0.508 e. The predicted molar refractivity (Wildman–Crippen MR) is 71.1 cm³/mol. The molecule has 98 valence electrons. The lowest BCUT2D eigenvalue weighted by Gasteiger charge is -2.17. The fourth-order valence-corrected chi connectivity index (χ4v) is 2.06. The summed E-state index contributed by atoms with van der Waals surface area (Å²) in [6, 6.07) is 6.75. The van der Waals surface area contributed by atoms with E-state index in [1.807, 2.05) is 6.07 Å². The molecule has 0 bridgehead atoms. The summed E-state index contributed by atoms with van der Waals surface area (Å²) in [5, 5.41) is 9.31. The molecular weight excluding hydrogens is 252 g/mol. The van der Waals surface area contributed by atoms with Gasteiger partial charge in [0.1, 0.15) is 5.75 Å². The molecule has 0 aromatic heterocycles. The number of phenolic OH excluding ortho intramolecular Hbond substituents is 1. The maximum absolute atomic E-state index is 11.7. The molecule has 0 unspecified atom stereocenters. The monoisotopic (exact) mass is 268 g/mol. The van der Waals surface area contributed by atoms with Crippen molar-refractivity contribution in [2.75, 3.05) is 18.6 Å². The van der Waals surface area contributed by atoms with Crippen LogP contribution in [0.25, 0.3) is 0 Å². The number of nitrogens with two attached hydrogens (primary N) is 1. The van der Waals surface area contributed by atoms with Crippen molar-refractivity contribution in [1.82, 2.24) is 4.90 Å². The highest BCUT2D eigenvalue weighted by atomic mass is 32.2. The van der Waals surface area contributed by atoms with Crippen molar-refractivity contribution in [2.24, 2.45) is 5.73 Å². The summed E-state index contributed by atoms with van der Waals surface area (Å²) >= 11 is 1.20. The second kappa shape index (κ2) is 6.90. The molecule has 18 heavy (non-hydrogen) atoms. The Morgan fingerprint density at radius 2 is 2.11 bits per heavy atom. The minimum atomic E-state index is -0.427. The van der Waals surface area contributed by atoms with Gasteiger partial charge in [-0.05, 0) is 17.7 Å². The van der Waals surface area contributed by atoms with Crippen molar-refractivity contribution in [3.05, 3.63) is 29.8 Å². The van der Waals surface area contributed by atoms with Crippen LogP contribution < -0.4 is 5.73 Å². The lowest BCUT2D eigenvalue weighted by molar-refractivity contribution is -0.127. The molecule has 0 aliphatic rings. The number of nitrogens with zero attached hydrogens (tertiary/aromatic N) is 1. The zero-order chi connectivity index (χ0) is 13.5. The number of rotatable bonds is 6. The van der Waals surface area contributed by atoms with Crippen LogP contribution in [0.5, 0.6) is 5.75 Å². The Morgan fingerprint density at radius 3 is 2.72 bits per heavy atom. The standard InChI is InChI=1S/C12H16N2O3S/c1-14(12(17)8-18-7-11(13)16)6-9-3-2-4-10(15)5-9/h2-5,15H,6-8H2,1H3,(H2,13,16). The molecule has 0 aliphatic heterocycles. The van der Waals surface area contributed by atoms with Gasteiger partial charge in [0.25, 0.3) is 0 Å². The zero-order valence-electron chi connectivity index (χ0n) is 10.1. The van der Waals surface area contributed by atoms with Gasteiger partial charge in [-0.2, -0.15) is 0 Å². The van der Waals surface area contributed by atoms with Gasteiger partial charge >= 0.3 is 0 Å². The summed E-state index contributed by atoms with van der Waals surface area (Å²) in [7, 11) is 1.68. The average Bonchev–Trinajstić information content (AvgIpc) is 2.28. The molecule has 1 aromatic carbocycles. The number of aromatic hydroxyl groups is 1.